The number of fused-ring (bicyclic) bond motifs is 1. The van der Waals surface area contributed by atoms with Crippen LogP contribution in [0.5, 0.6) is 5.75 Å². The van der Waals surface area contributed by atoms with Gasteiger partial charge in [0, 0.05) is 11.4 Å². The molecule has 0 aliphatic carbocycles. The molecule has 0 radical (unpaired) electrons. The highest BCUT2D eigenvalue weighted by atomic mass is 32.2. The van der Waals surface area contributed by atoms with Crippen LogP contribution >= 0.6 is 11.8 Å². The van der Waals surface area contributed by atoms with E-state index in [0.29, 0.717) is 34.7 Å². The number of ether oxygens (including phenoxy) is 2. The minimum Gasteiger partial charge on any atom is -0.489 e. The second-order valence-corrected chi connectivity index (χ2v) is 9.95. The predicted molar refractivity (Wildman–Crippen MR) is 149 cm³/mol. The fourth-order valence-electron chi connectivity index (χ4n) is 4.40. The lowest BCUT2D eigenvalue weighted by Gasteiger charge is -2.28. The first-order valence-electron chi connectivity index (χ1n) is 12.6. The number of rotatable bonds is 9. The highest BCUT2D eigenvalue weighted by Gasteiger charge is 2.35. The Morgan fingerprint density at radius 3 is 2.61 bits per heavy atom. The molecule has 1 aromatic heterocycles. The summed E-state index contributed by atoms with van der Waals surface area (Å²) in [7, 11) is 0. The summed E-state index contributed by atoms with van der Waals surface area (Å²) in [5.74, 6) is 1.66. The van der Waals surface area contributed by atoms with E-state index in [1.807, 2.05) is 61.5 Å². The van der Waals surface area contributed by atoms with Crippen LogP contribution in [0, 0.1) is 6.92 Å². The van der Waals surface area contributed by atoms with E-state index in [0.717, 1.165) is 16.9 Å². The summed E-state index contributed by atoms with van der Waals surface area (Å²) in [6.45, 7) is 6.48. The normalized spacial score (nSPS) is 14.6. The van der Waals surface area contributed by atoms with Crippen molar-refractivity contribution in [2.45, 2.75) is 44.3 Å². The molecule has 38 heavy (non-hydrogen) atoms. The summed E-state index contributed by atoms with van der Waals surface area (Å²) in [6, 6.07) is 25.7. The molecule has 0 fully saturated rings. The molecule has 5 rings (SSSR count). The Morgan fingerprint density at radius 2 is 1.82 bits per heavy atom. The number of allylic oxidation sites excluding steroid dienone is 1. The van der Waals surface area contributed by atoms with E-state index in [4.69, 9.17) is 19.6 Å². The SMILES string of the molecule is CCOC(=O)C1=C(C)Nc2nc(SCc3ccccc3)nn2C1c1cccc(OCc2ccccc2C)c1. The molecule has 1 unspecified atom stereocenters. The monoisotopic (exact) mass is 526 g/mol. The minimum atomic E-state index is -0.508. The van der Waals surface area contributed by atoms with Crippen molar-refractivity contribution >= 4 is 23.7 Å². The molecule has 3 aromatic carbocycles. The number of aromatic nitrogens is 3. The van der Waals surface area contributed by atoms with Crippen LogP contribution in [-0.2, 0) is 21.9 Å². The molecule has 0 saturated carbocycles. The van der Waals surface area contributed by atoms with Crippen molar-refractivity contribution in [3.8, 4) is 5.75 Å². The molecule has 7 nitrogen and oxygen atoms in total. The summed E-state index contributed by atoms with van der Waals surface area (Å²) in [4.78, 5) is 17.9. The number of benzene rings is 3. The molecule has 8 heteroatoms. The fourth-order valence-corrected chi connectivity index (χ4v) is 5.19. The molecule has 4 aromatic rings. The van der Waals surface area contributed by atoms with E-state index < -0.39 is 6.04 Å². The van der Waals surface area contributed by atoms with Crippen molar-refractivity contribution < 1.29 is 14.3 Å². The number of thioether (sulfide) groups is 1. The Labute approximate surface area is 226 Å². The lowest BCUT2D eigenvalue weighted by molar-refractivity contribution is -0.139. The van der Waals surface area contributed by atoms with E-state index in [2.05, 4.69) is 36.5 Å². The van der Waals surface area contributed by atoms with Crippen molar-refractivity contribution in [2.24, 2.45) is 0 Å². The maximum atomic E-state index is 13.1. The van der Waals surface area contributed by atoms with Gasteiger partial charge >= 0.3 is 5.97 Å². The van der Waals surface area contributed by atoms with Crippen LogP contribution in [0.15, 0.2) is 95.3 Å². The first-order chi connectivity index (χ1) is 18.5. The van der Waals surface area contributed by atoms with Gasteiger partial charge in [0.1, 0.15) is 18.4 Å². The van der Waals surface area contributed by atoms with E-state index >= 15 is 0 Å². The van der Waals surface area contributed by atoms with Gasteiger partial charge in [-0.05, 0) is 55.2 Å². The van der Waals surface area contributed by atoms with Gasteiger partial charge in [0.25, 0.3) is 0 Å². The van der Waals surface area contributed by atoms with Gasteiger partial charge in [-0.25, -0.2) is 9.48 Å². The zero-order chi connectivity index (χ0) is 26.5. The van der Waals surface area contributed by atoms with Gasteiger partial charge in [-0.1, -0.05) is 78.5 Å². The Balaban J connectivity index is 1.46. The van der Waals surface area contributed by atoms with Gasteiger partial charge in [0.05, 0.1) is 12.2 Å². The second-order valence-electron chi connectivity index (χ2n) is 9.01. The van der Waals surface area contributed by atoms with Crippen LogP contribution in [0.4, 0.5) is 5.95 Å². The van der Waals surface area contributed by atoms with Crippen molar-refractivity contribution in [2.75, 3.05) is 11.9 Å². The molecular formula is C30H30N4O3S. The summed E-state index contributed by atoms with van der Waals surface area (Å²) >= 11 is 1.55. The maximum absolute atomic E-state index is 13.1. The second kappa shape index (κ2) is 11.6. The summed E-state index contributed by atoms with van der Waals surface area (Å²) in [6.07, 6.45) is 0. The molecule has 1 aliphatic rings. The Bertz CT molecular complexity index is 1470. The third-order valence-corrected chi connectivity index (χ3v) is 7.28. The van der Waals surface area contributed by atoms with Crippen LogP contribution in [0.2, 0.25) is 0 Å². The molecule has 1 N–H and O–H groups in total. The minimum absolute atomic E-state index is 0.282. The van der Waals surface area contributed by atoms with Gasteiger partial charge in [-0.3, -0.25) is 0 Å². The number of esters is 1. The van der Waals surface area contributed by atoms with Gasteiger partial charge in [0.15, 0.2) is 0 Å². The standard InChI is InChI=1S/C30H30N4O3S/c1-4-36-28(35)26-21(3)31-29-32-30(38-19-22-12-6-5-7-13-22)33-34(29)27(26)23-15-10-16-25(17-23)37-18-24-14-9-8-11-20(24)2/h5-17,27H,4,18-19H2,1-3H3,(H,31,32,33). The lowest BCUT2D eigenvalue weighted by atomic mass is 9.95. The molecule has 1 atom stereocenters. The molecular weight excluding hydrogens is 496 g/mol. The summed E-state index contributed by atoms with van der Waals surface area (Å²) in [5, 5.41) is 8.70. The molecule has 0 amide bonds. The largest absolute Gasteiger partial charge is 0.489 e. The van der Waals surface area contributed by atoms with Crippen LogP contribution in [-0.4, -0.2) is 27.3 Å². The topological polar surface area (TPSA) is 78.3 Å². The van der Waals surface area contributed by atoms with Crippen LogP contribution in [0.25, 0.3) is 0 Å². The number of carbonyl (C=O) groups excluding carboxylic acids is 1. The average molecular weight is 527 g/mol. The Morgan fingerprint density at radius 1 is 1.03 bits per heavy atom. The smallest absolute Gasteiger partial charge is 0.338 e. The van der Waals surface area contributed by atoms with E-state index in [1.54, 1.807) is 23.4 Å². The number of nitrogens with one attached hydrogen (secondary N) is 1. The Hall–Kier alpha value is -4.04. The number of nitrogens with zero attached hydrogens (tertiary/aromatic N) is 3. The first kappa shape index (κ1) is 25.6. The van der Waals surface area contributed by atoms with E-state index in [-0.39, 0.29) is 12.6 Å². The number of hydrogen-bond donors (Lipinski definition) is 1. The number of anilines is 1. The van der Waals surface area contributed by atoms with Crippen molar-refractivity contribution in [1.82, 2.24) is 14.8 Å². The van der Waals surface area contributed by atoms with Crippen molar-refractivity contribution in [3.63, 3.8) is 0 Å². The van der Waals surface area contributed by atoms with Crippen molar-refractivity contribution in [3.05, 3.63) is 112 Å². The van der Waals surface area contributed by atoms with E-state index in [1.165, 1.54) is 11.1 Å². The average Bonchev–Trinajstić information content (AvgIpc) is 3.34. The maximum Gasteiger partial charge on any atom is 0.338 e. The zero-order valence-corrected chi connectivity index (χ0v) is 22.5. The molecule has 2 heterocycles. The fraction of sp³-hybridized carbons (Fsp3) is 0.233. The quantitative estimate of drug-likeness (QED) is 0.202. The Kier molecular flexibility index (Phi) is 7.79. The van der Waals surface area contributed by atoms with Crippen LogP contribution < -0.4 is 10.1 Å². The number of aryl methyl sites for hydroxylation is 1. The molecule has 0 spiro atoms. The lowest BCUT2D eigenvalue weighted by Crippen LogP contribution is -2.29. The summed E-state index contributed by atoms with van der Waals surface area (Å²) in [5.41, 5.74) is 5.55. The third kappa shape index (κ3) is 5.60. The van der Waals surface area contributed by atoms with Crippen LogP contribution in [0.3, 0.4) is 0 Å². The van der Waals surface area contributed by atoms with Gasteiger partial charge in [-0.2, -0.15) is 4.98 Å². The summed E-state index contributed by atoms with van der Waals surface area (Å²) < 4.78 is 13.4. The zero-order valence-electron chi connectivity index (χ0n) is 21.7. The number of carbonyl (C=O) groups is 1. The van der Waals surface area contributed by atoms with Gasteiger partial charge in [-0.15, -0.1) is 5.10 Å². The van der Waals surface area contributed by atoms with Gasteiger partial charge < -0.3 is 14.8 Å². The first-order valence-corrected chi connectivity index (χ1v) is 13.6. The number of hydrogen-bond acceptors (Lipinski definition) is 7. The predicted octanol–water partition coefficient (Wildman–Crippen LogP) is 6.31. The molecule has 0 saturated heterocycles. The van der Waals surface area contributed by atoms with Gasteiger partial charge in [0.2, 0.25) is 11.1 Å². The van der Waals surface area contributed by atoms with Crippen LogP contribution in [0.1, 0.15) is 42.1 Å². The van der Waals surface area contributed by atoms with Crippen molar-refractivity contribution in [1.29, 1.82) is 0 Å². The molecule has 0 bridgehead atoms. The van der Waals surface area contributed by atoms with E-state index in [9.17, 15) is 4.79 Å². The highest BCUT2D eigenvalue weighted by Crippen LogP contribution is 2.38. The third-order valence-electron chi connectivity index (χ3n) is 6.37. The highest BCUT2D eigenvalue weighted by molar-refractivity contribution is 7.98. The molecule has 194 valence electrons. The molecule has 1 aliphatic heterocycles.